The van der Waals surface area contributed by atoms with E-state index in [4.69, 9.17) is 14.3 Å². The first-order chi connectivity index (χ1) is 19.7. The number of sulfonamides is 1. The van der Waals surface area contributed by atoms with Gasteiger partial charge in [0.2, 0.25) is 0 Å². The molecule has 218 valence electrons. The van der Waals surface area contributed by atoms with Gasteiger partial charge in [-0.15, -0.1) is 0 Å². The van der Waals surface area contributed by atoms with Crippen molar-refractivity contribution >= 4 is 27.6 Å². The Morgan fingerprint density at radius 1 is 1.07 bits per heavy atom. The number of nitrogens with one attached hydrogen (secondary N) is 1. The van der Waals surface area contributed by atoms with E-state index in [9.17, 15) is 13.2 Å². The number of aromatic nitrogens is 1. The highest BCUT2D eigenvalue weighted by molar-refractivity contribution is 7.92. The average molecular weight is 579 g/mol. The number of aryl methyl sites for hydroxylation is 1. The number of carbonyl (C=O) groups is 1. The summed E-state index contributed by atoms with van der Waals surface area (Å²) in [6, 6.07) is 12.5. The minimum atomic E-state index is -3.99. The molecule has 2 aliphatic rings. The molecule has 0 bridgehead atoms. The Balaban J connectivity index is 1.47. The second kappa shape index (κ2) is 11.7. The Bertz CT molecular complexity index is 1570. The van der Waals surface area contributed by atoms with Gasteiger partial charge < -0.3 is 9.26 Å². The summed E-state index contributed by atoms with van der Waals surface area (Å²) < 4.78 is 40.8. The third-order valence-electron chi connectivity index (χ3n) is 8.02. The van der Waals surface area contributed by atoms with Gasteiger partial charge in [0.15, 0.2) is 5.82 Å². The third-order valence-corrected chi connectivity index (χ3v) is 9.42. The van der Waals surface area contributed by atoms with Crippen LogP contribution in [0.15, 0.2) is 56.9 Å². The molecule has 1 saturated carbocycles. The second-order valence-corrected chi connectivity index (χ2v) is 12.5. The number of rotatable bonds is 11. The van der Waals surface area contributed by atoms with Gasteiger partial charge >= 0.3 is 0 Å². The lowest BCUT2D eigenvalue weighted by Crippen LogP contribution is -2.40. The number of hydrogen-bond acceptors (Lipinski definition) is 7. The quantitative estimate of drug-likeness (QED) is 0.282. The molecular weight excluding hydrogens is 540 g/mol. The summed E-state index contributed by atoms with van der Waals surface area (Å²) in [6.45, 7) is 8.30. The Kier molecular flexibility index (Phi) is 8.22. The van der Waals surface area contributed by atoms with E-state index in [0.717, 1.165) is 56.3 Å². The van der Waals surface area contributed by atoms with E-state index in [1.165, 1.54) is 0 Å². The number of hydrogen-bond donors (Lipinski definition) is 1. The zero-order chi connectivity index (χ0) is 29.2. The molecule has 2 aromatic carbocycles. The van der Waals surface area contributed by atoms with Crippen molar-refractivity contribution in [2.75, 3.05) is 11.3 Å². The number of nitrogens with zero attached hydrogens (tertiary/aromatic N) is 3. The van der Waals surface area contributed by atoms with Crippen LogP contribution in [0, 0.1) is 13.8 Å². The summed E-state index contributed by atoms with van der Waals surface area (Å²) in [4.78, 5) is 20.6. The number of aliphatic imine (C=N–C) groups is 1. The van der Waals surface area contributed by atoms with Crippen molar-refractivity contribution in [3.8, 4) is 16.9 Å². The van der Waals surface area contributed by atoms with E-state index in [2.05, 4.69) is 16.8 Å². The van der Waals surface area contributed by atoms with E-state index in [0.29, 0.717) is 41.4 Å². The van der Waals surface area contributed by atoms with Crippen LogP contribution >= 0.6 is 0 Å². The molecule has 0 radical (unpaired) electrons. The summed E-state index contributed by atoms with van der Waals surface area (Å²) in [5.74, 6) is 2.23. The molecule has 0 atom stereocenters. The van der Waals surface area contributed by atoms with Gasteiger partial charge in [-0.3, -0.25) is 19.4 Å². The van der Waals surface area contributed by atoms with Crippen molar-refractivity contribution in [3.05, 3.63) is 59.4 Å². The van der Waals surface area contributed by atoms with Gasteiger partial charge in [-0.1, -0.05) is 61.7 Å². The summed E-state index contributed by atoms with van der Waals surface area (Å²) in [5.41, 5.74) is 2.08. The third kappa shape index (κ3) is 5.62. The number of unbranched alkanes of at least 4 members (excludes halogenated alkanes) is 1. The molecule has 1 aliphatic heterocycles. The van der Waals surface area contributed by atoms with Crippen molar-refractivity contribution in [3.63, 3.8) is 0 Å². The van der Waals surface area contributed by atoms with Crippen LogP contribution in [-0.2, 0) is 21.4 Å². The molecule has 3 aromatic rings. The minimum absolute atomic E-state index is 0.0978. The van der Waals surface area contributed by atoms with E-state index < -0.39 is 15.6 Å². The van der Waals surface area contributed by atoms with Crippen LogP contribution in [0.25, 0.3) is 11.1 Å². The SMILES string of the molecule is CCCCC1=NC2(CCCC2)C(=O)N1Cc1ccc(-c2ccccc2S(=O)(=O)Nc2noc(C)c2C)c(OCC)c1. The van der Waals surface area contributed by atoms with Crippen molar-refractivity contribution in [1.29, 1.82) is 0 Å². The first-order valence-corrected chi connectivity index (χ1v) is 15.9. The van der Waals surface area contributed by atoms with Crippen molar-refractivity contribution in [2.24, 2.45) is 4.99 Å². The summed E-state index contributed by atoms with van der Waals surface area (Å²) >= 11 is 0. The number of amidine groups is 1. The highest BCUT2D eigenvalue weighted by atomic mass is 32.2. The average Bonchev–Trinajstić information content (AvgIpc) is 3.63. The predicted molar refractivity (Wildman–Crippen MR) is 159 cm³/mol. The largest absolute Gasteiger partial charge is 0.493 e. The standard InChI is InChI=1S/C31H38N4O5S/c1-5-7-14-28-32-31(17-10-11-18-31)30(36)35(28)20-23-15-16-24(26(19-23)39-6-2)25-12-8-9-13-27(25)41(37,38)34-29-21(3)22(4)40-33-29/h8-9,12-13,15-16,19H,5-7,10-11,14,17-18,20H2,1-4H3,(H,33,34). The Hall–Kier alpha value is -3.66. The molecule has 2 heterocycles. The summed E-state index contributed by atoms with van der Waals surface area (Å²) in [5, 5.41) is 3.86. The maximum absolute atomic E-state index is 13.6. The van der Waals surface area contributed by atoms with E-state index in [1.807, 2.05) is 30.0 Å². The number of amides is 1. The Morgan fingerprint density at radius 2 is 1.83 bits per heavy atom. The molecule has 5 rings (SSSR count). The van der Waals surface area contributed by atoms with Crippen molar-refractivity contribution in [2.45, 2.75) is 89.6 Å². The zero-order valence-electron chi connectivity index (χ0n) is 24.2. The van der Waals surface area contributed by atoms with Crippen LogP contribution < -0.4 is 9.46 Å². The lowest BCUT2D eigenvalue weighted by molar-refractivity contribution is -0.131. The molecule has 1 N–H and O–H groups in total. The fraction of sp³-hybridized carbons (Fsp3) is 0.452. The molecular formula is C31H38N4O5S. The molecule has 41 heavy (non-hydrogen) atoms. The monoisotopic (exact) mass is 578 g/mol. The van der Waals surface area contributed by atoms with Gasteiger partial charge in [-0.2, -0.15) is 0 Å². The highest BCUT2D eigenvalue weighted by Gasteiger charge is 2.49. The summed E-state index contributed by atoms with van der Waals surface area (Å²) in [7, 11) is -3.99. The first-order valence-electron chi connectivity index (χ1n) is 14.4. The van der Waals surface area contributed by atoms with Crippen LogP contribution in [0.1, 0.15) is 75.7 Å². The van der Waals surface area contributed by atoms with Crippen molar-refractivity contribution < 1.29 is 22.5 Å². The smallest absolute Gasteiger partial charge is 0.263 e. The fourth-order valence-corrected chi connectivity index (χ4v) is 6.94. The number of anilines is 1. The summed E-state index contributed by atoms with van der Waals surface area (Å²) in [6.07, 6.45) is 6.48. The van der Waals surface area contributed by atoms with Crippen molar-refractivity contribution in [1.82, 2.24) is 10.1 Å². The predicted octanol–water partition coefficient (Wildman–Crippen LogP) is 6.40. The van der Waals surface area contributed by atoms with Gasteiger partial charge in [0.1, 0.15) is 22.9 Å². The number of carbonyl (C=O) groups excluding carboxylic acids is 1. The maximum Gasteiger partial charge on any atom is 0.263 e. The lowest BCUT2D eigenvalue weighted by Gasteiger charge is -2.23. The fourth-order valence-electron chi connectivity index (χ4n) is 5.66. The maximum atomic E-state index is 13.6. The van der Waals surface area contributed by atoms with Gasteiger partial charge in [-0.05, 0) is 57.7 Å². The molecule has 1 amide bonds. The topological polar surface area (TPSA) is 114 Å². The molecule has 1 aliphatic carbocycles. The molecule has 0 saturated heterocycles. The van der Waals surface area contributed by atoms with E-state index >= 15 is 0 Å². The molecule has 1 aromatic heterocycles. The van der Waals surface area contributed by atoms with Gasteiger partial charge in [0.05, 0.1) is 18.0 Å². The number of benzene rings is 2. The lowest BCUT2D eigenvalue weighted by atomic mass is 9.98. The zero-order valence-corrected chi connectivity index (χ0v) is 25.0. The minimum Gasteiger partial charge on any atom is -0.493 e. The normalized spacial score (nSPS) is 16.4. The van der Waals surface area contributed by atoms with Crippen LogP contribution in [0.5, 0.6) is 5.75 Å². The molecule has 1 spiro atoms. The molecule has 10 heteroatoms. The Morgan fingerprint density at radius 3 is 2.51 bits per heavy atom. The van der Waals surface area contributed by atoms with Crippen LogP contribution in [0.3, 0.4) is 0 Å². The van der Waals surface area contributed by atoms with Crippen LogP contribution in [-0.4, -0.2) is 42.4 Å². The molecule has 9 nitrogen and oxygen atoms in total. The molecule has 1 fully saturated rings. The van der Waals surface area contributed by atoms with Gasteiger partial charge in [0, 0.05) is 23.1 Å². The van der Waals surface area contributed by atoms with Crippen LogP contribution in [0.2, 0.25) is 0 Å². The number of ether oxygens (including phenoxy) is 1. The van der Waals surface area contributed by atoms with E-state index in [-0.39, 0.29) is 16.6 Å². The Labute approximate surface area is 242 Å². The second-order valence-electron chi connectivity index (χ2n) is 10.8. The first kappa shape index (κ1) is 28.9. The highest BCUT2D eigenvalue weighted by Crippen LogP contribution is 2.41. The van der Waals surface area contributed by atoms with Crippen LogP contribution in [0.4, 0.5) is 5.82 Å². The van der Waals surface area contributed by atoms with E-state index in [1.54, 1.807) is 38.1 Å². The van der Waals surface area contributed by atoms with Gasteiger partial charge in [0.25, 0.3) is 15.9 Å². The van der Waals surface area contributed by atoms with Gasteiger partial charge in [-0.25, -0.2) is 8.42 Å². The molecule has 0 unspecified atom stereocenters.